The third-order valence-electron chi connectivity index (χ3n) is 7.29. The molecule has 0 radical (unpaired) electrons. The minimum atomic E-state index is -0.765. The van der Waals surface area contributed by atoms with E-state index in [0.29, 0.717) is 29.5 Å². The van der Waals surface area contributed by atoms with Gasteiger partial charge in [0.05, 0.1) is 40.4 Å². The van der Waals surface area contributed by atoms with Gasteiger partial charge in [0.15, 0.2) is 0 Å². The van der Waals surface area contributed by atoms with Crippen molar-refractivity contribution < 1.29 is 19.4 Å². The smallest absolute Gasteiger partial charge is 0.240 e. The molecule has 154 valence electrons. The van der Waals surface area contributed by atoms with E-state index in [9.17, 15) is 20.0 Å². The van der Waals surface area contributed by atoms with Crippen LogP contribution in [0.1, 0.15) is 44.6 Å². The number of nitriles is 1. The van der Waals surface area contributed by atoms with Crippen molar-refractivity contribution in [1.29, 1.82) is 5.26 Å². The number of aliphatic hydroxyl groups is 1. The number of carbonyl (C=O) groups excluding carboxylic acids is 2. The number of nitrogens with zero attached hydrogens (tertiary/aromatic N) is 2. The lowest BCUT2D eigenvalue weighted by atomic mass is 9.65. The van der Waals surface area contributed by atoms with Gasteiger partial charge in [-0.1, -0.05) is 37.6 Å². The summed E-state index contributed by atoms with van der Waals surface area (Å²) in [7, 11) is 0. The van der Waals surface area contributed by atoms with Crippen molar-refractivity contribution in [3.63, 3.8) is 0 Å². The lowest BCUT2D eigenvalue weighted by Gasteiger charge is -2.31. The molecule has 6 heteroatoms. The Kier molecular flexibility index (Phi) is 4.25. The maximum Gasteiger partial charge on any atom is 0.240 e. The van der Waals surface area contributed by atoms with Crippen molar-refractivity contribution in [2.75, 3.05) is 11.5 Å². The predicted molar refractivity (Wildman–Crippen MR) is 111 cm³/mol. The molecule has 0 aliphatic carbocycles. The number of benzene rings is 2. The summed E-state index contributed by atoms with van der Waals surface area (Å²) in [6, 6.07) is 12.9. The zero-order valence-corrected chi connectivity index (χ0v) is 16.9. The number of rotatable bonds is 5. The molecule has 0 spiro atoms. The third-order valence-corrected chi connectivity index (χ3v) is 7.29. The lowest BCUT2D eigenvalue weighted by molar-refractivity contribution is -0.132. The highest BCUT2D eigenvalue weighted by molar-refractivity contribution is 6.26. The molecule has 0 saturated carbocycles. The predicted octanol–water partition coefficient (Wildman–Crippen LogP) is 3.30. The number of aliphatic hydroxyl groups excluding tert-OH is 1. The second kappa shape index (κ2) is 6.63. The third kappa shape index (κ3) is 2.31. The molecule has 2 bridgehead atoms. The summed E-state index contributed by atoms with van der Waals surface area (Å²) in [4.78, 5) is 28.7. The highest BCUT2D eigenvalue weighted by Crippen LogP contribution is 2.64. The van der Waals surface area contributed by atoms with Crippen molar-refractivity contribution in [1.82, 2.24) is 0 Å². The normalized spacial score (nSPS) is 32.1. The van der Waals surface area contributed by atoms with Gasteiger partial charge in [0.2, 0.25) is 11.8 Å². The van der Waals surface area contributed by atoms with Crippen LogP contribution in [-0.2, 0) is 14.3 Å². The minimum Gasteiger partial charge on any atom is -0.396 e. The molecule has 30 heavy (non-hydrogen) atoms. The Bertz CT molecular complexity index is 1070. The van der Waals surface area contributed by atoms with Crippen molar-refractivity contribution in [3.8, 4) is 6.07 Å². The fraction of sp³-hybridized carbons (Fsp3) is 0.458. The summed E-state index contributed by atoms with van der Waals surface area (Å²) in [6.07, 6.45) is 3.38. The second-order valence-corrected chi connectivity index (χ2v) is 8.71. The number of hydrogen-bond donors (Lipinski definition) is 1. The molecule has 3 fully saturated rings. The second-order valence-electron chi connectivity index (χ2n) is 8.71. The van der Waals surface area contributed by atoms with Crippen LogP contribution in [0, 0.1) is 23.2 Å². The van der Waals surface area contributed by atoms with E-state index in [-0.39, 0.29) is 18.4 Å². The van der Waals surface area contributed by atoms with Crippen LogP contribution in [0.25, 0.3) is 10.8 Å². The summed E-state index contributed by atoms with van der Waals surface area (Å²) in [5.74, 6) is -1.54. The van der Waals surface area contributed by atoms with Gasteiger partial charge in [-0.25, -0.2) is 4.90 Å². The molecule has 3 heterocycles. The van der Waals surface area contributed by atoms with Gasteiger partial charge in [0, 0.05) is 23.8 Å². The Morgan fingerprint density at radius 1 is 1.07 bits per heavy atom. The van der Waals surface area contributed by atoms with Crippen molar-refractivity contribution in [2.45, 2.75) is 50.2 Å². The fourth-order valence-electron chi connectivity index (χ4n) is 6.19. The molecule has 3 aliphatic rings. The van der Waals surface area contributed by atoms with E-state index in [4.69, 9.17) is 4.74 Å². The number of anilines is 1. The molecule has 1 N–H and O–H groups in total. The topological polar surface area (TPSA) is 90.6 Å². The maximum absolute atomic E-state index is 13.7. The average molecular weight is 404 g/mol. The zero-order valence-electron chi connectivity index (χ0n) is 16.9. The standard InChI is InChI=1S/C24H24N2O4/c1-2-9-23-10-11-24(30-23,12-13-27)20-19(23)21(28)26(22(20)29)18-8-7-15(14-25)16-5-3-4-6-17(16)18/h3-8,19-20,27H,2,9-13H2,1H3/t19-,20-,23-,24-/m1/s1. The summed E-state index contributed by atoms with van der Waals surface area (Å²) in [5, 5.41) is 20.6. The largest absolute Gasteiger partial charge is 0.396 e. The van der Waals surface area contributed by atoms with Crippen LogP contribution in [0.5, 0.6) is 0 Å². The van der Waals surface area contributed by atoms with Crippen LogP contribution >= 0.6 is 0 Å². The van der Waals surface area contributed by atoms with Crippen molar-refractivity contribution in [3.05, 3.63) is 42.0 Å². The molecule has 0 unspecified atom stereocenters. The summed E-state index contributed by atoms with van der Waals surface area (Å²) >= 11 is 0. The first-order valence-electron chi connectivity index (χ1n) is 10.6. The summed E-state index contributed by atoms with van der Waals surface area (Å²) in [5.41, 5.74) is -0.354. The zero-order chi connectivity index (χ0) is 21.1. The van der Waals surface area contributed by atoms with Crippen LogP contribution in [0.15, 0.2) is 36.4 Å². The monoisotopic (exact) mass is 404 g/mol. The highest BCUT2D eigenvalue weighted by atomic mass is 16.5. The summed E-state index contributed by atoms with van der Waals surface area (Å²) < 4.78 is 6.47. The first-order chi connectivity index (χ1) is 14.5. The number of amides is 2. The van der Waals surface area contributed by atoms with Crippen molar-refractivity contribution >= 4 is 28.3 Å². The molecule has 0 aromatic heterocycles. The van der Waals surface area contributed by atoms with E-state index in [1.807, 2.05) is 24.3 Å². The van der Waals surface area contributed by atoms with Gasteiger partial charge < -0.3 is 9.84 Å². The van der Waals surface area contributed by atoms with Gasteiger partial charge >= 0.3 is 0 Å². The van der Waals surface area contributed by atoms with E-state index in [2.05, 4.69) is 13.0 Å². The SMILES string of the molecule is CCC[C@]12CC[C@](CCO)(O1)[C@H]1C(=O)N(c3ccc(C#N)c4ccccc34)C(=O)[C@@H]12. The Labute approximate surface area is 175 Å². The first-order valence-corrected chi connectivity index (χ1v) is 10.6. The quantitative estimate of drug-likeness (QED) is 0.772. The molecule has 3 saturated heterocycles. The Morgan fingerprint density at radius 2 is 1.70 bits per heavy atom. The molecule has 6 nitrogen and oxygen atoms in total. The average Bonchev–Trinajstić information content (AvgIpc) is 3.34. The van der Waals surface area contributed by atoms with Crippen molar-refractivity contribution in [2.24, 2.45) is 11.8 Å². The van der Waals surface area contributed by atoms with Crippen LogP contribution in [0.2, 0.25) is 0 Å². The Balaban J connectivity index is 1.66. The molecule has 2 aromatic rings. The first kappa shape index (κ1) is 19.2. The Morgan fingerprint density at radius 3 is 2.30 bits per heavy atom. The summed E-state index contributed by atoms with van der Waals surface area (Å²) in [6.45, 7) is 1.98. The van der Waals surface area contributed by atoms with Gasteiger partial charge in [-0.05, 0) is 31.4 Å². The van der Waals surface area contributed by atoms with Gasteiger partial charge in [-0.3, -0.25) is 9.59 Å². The van der Waals surface area contributed by atoms with Crippen LogP contribution < -0.4 is 4.90 Å². The molecule has 4 atom stereocenters. The van der Waals surface area contributed by atoms with Gasteiger partial charge in [-0.2, -0.15) is 5.26 Å². The maximum atomic E-state index is 13.7. The number of ether oxygens (including phenoxy) is 1. The van der Waals surface area contributed by atoms with Crippen LogP contribution in [-0.4, -0.2) is 34.7 Å². The van der Waals surface area contributed by atoms with E-state index in [0.717, 1.165) is 24.6 Å². The van der Waals surface area contributed by atoms with E-state index in [1.165, 1.54) is 4.90 Å². The molecule has 3 aliphatic heterocycles. The van der Waals surface area contributed by atoms with E-state index < -0.39 is 23.0 Å². The minimum absolute atomic E-state index is 0.0767. The van der Waals surface area contributed by atoms with Gasteiger partial charge in [-0.15, -0.1) is 0 Å². The highest BCUT2D eigenvalue weighted by Gasteiger charge is 2.74. The van der Waals surface area contributed by atoms with Gasteiger partial charge in [0.1, 0.15) is 0 Å². The van der Waals surface area contributed by atoms with E-state index >= 15 is 0 Å². The molecular weight excluding hydrogens is 380 g/mol. The molecule has 2 amide bonds. The Hall–Kier alpha value is -2.75. The number of hydrogen-bond acceptors (Lipinski definition) is 5. The number of fused-ring (bicyclic) bond motifs is 6. The fourth-order valence-corrected chi connectivity index (χ4v) is 6.19. The molecular formula is C24H24N2O4. The van der Waals surface area contributed by atoms with Crippen LogP contribution in [0.3, 0.4) is 0 Å². The molecule has 5 rings (SSSR count). The number of carbonyl (C=O) groups is 2. The van der Waals surface area contributed by atoms with E-state index in [1.54, 1.807) is 12.1 Å². The number of imide groups is 1. The lowest BCUT2D eigenvalue weighted by Crippen LogP contribution is -2.43. The molecule has 2 aromatic carbocycles. The van der Waals surface area contributed by atoms with Crippen LogP contribution in [0.4, 0.5) is 5.69 Å². The van der Waals surface area contributed by atoms with Gasteiger partial charge in [0.25, 0.3) is 0 Å².